The minimum Gasteiger partial charge on any atom is -0.322 e. The van der Waals surface area contributed by atoms with Crippen LogP contribution in [0.3, 0.4) is 0 Å². The molecule has 15 heavy (non-hydrogen) atoms. The molecule has 0 aromatic carbocycles. The minimum atomic E-state index is 0. The van der Waals surface area contributed by atoms with Gasteiger partial charge in [-0.2, -0.15) is 0 Å². The van der Waals surface area contributed by atoms with E-state index in [4.69, 9.17) is 5.73 Å². The Hall–Kier alpha value is 0.170. The molecule has 1 saturated carbocycles. The molecule has 0 spiro atoms. The summed E-state index contributed by atoms with van der Waals surface area (Å²) >= 11 is 3.43. The van der Waals surface area contributed by atoms with E-state index < -0.39 is 0 Å². The maximum atomic E-state index is 6.04. The number of nitrogens with zero attached hydrogens (tertiary/aromatic N) is 1. The number of hydrogen-bond donors (Lipinski definition) is 1. The number of pyridine rings is 1. The van der Waals surface area contributed by atoms with E-state index in [9.17, 15) is 0 Å². The molecule has 1 heterocycles. The average Bonchev–Trinajstić information content (AvgIpc) is 2.91. The predicted octanol–water partition coefficient (Wildman–Crippen LogP) is 3.41. The van der Waals surface area contributed by atoms with Gasteiger partial charge in [-0.25, -0.2) is 0 Å². The first-order valence-corrected chi connectivity index (χ1v) is 5.35. The third-order valence-electron chi connectivity index (χ3n) is 2.54. The molecule has 0 bridgehead atoms. The average molecular weight is 314 g/mol. The van der Waals surface area contributed by atoms with E-state index >= 15 is 0 Å². The molecule has 86 valence electrons. The third-order valence-corrected chi connectivity index (χ3v) is 3.37. The van der Waals surface area contributed by atoms with Crippen molar-refractivity contribution in [1.82, 2.24) is 4.98 Å². The fraction of sp³-hybridized carbons (Fsp3) is 0.500. The molecular weight excluding hydrogens is 299 g/mol. The molecule has 0 radical (unpaired) electrons. The van der Waals surface area contributed by atoms with Crippen molar-refractivity contribution in [3.05, 3.63) is 28.0 Å². The van der Waals surface area contributed by atoms with Crippen LogP contribution in [0.15, 0.2) is 16.7 Å². The lowest BCUT2D eigenvalue weighted by atomic mass is 10.1. The largest absolute Gasteiger partial charge is 0.322 e. The number of halogens is 3. The van der Waals surface area contributed by atoms with Crippen LogP contribution in [0.2, 0.25) is 0 Å². The Morgan fingerprint density at radius 3 is 2.53 bits per heavy atom. The summed E-state index contributed by atoms with van der Waals surface area (Å²) < 4.78 is 1.05. The van der Waals surface area contributed by atoms with Gasteiger partial charge in [0.15, 0.2) is 0 Å². The Balaban J connectivity index is 0.000000980. The molecule has 1 aromatic heterocycles. The van der Waals surface area contributed by atoms with Crippen LogP contribution in [0, 0.1) is 12.8 Å². The maximum Gasteiger partial charge on any atom is 0.0577 e. The number of aromatic nitrogens is 1. The Morgan fingerprint density at radius 1 is 1.47 bits per heavy atom. The summed E-state index contributed by atoms with van der Waals surface area (Å²) in [5.41, 5.74) is 8.28. The Bertz CT molecular complexity index is 329. The van der Waals surface area contributed by atoms with E-state index in [0.29, 0.717) is 5.92 Å². The first-order valence-electron chi connectivity index (χ1n) is 4.56. The number of rotatable bonds is 2. The second-order valence-corrected chi connectivity index (χ2v) is 4.58. The van der Waals surface area contributed by atoms with E-state index in [2.05, 4.69) is 33.9 Å². The van der Waals surface area contributed by atoms with Gasteiger partial charge < -0.3 is 5.73 Å². The van der Waals surface area contributed by atoms with Crippen LogP contribution in [0.1, 0.15) is 30.1 Å². The van der Waals surface area contributed by atoms with Gasteiger partial charge in [-0.15, -0.1) is 24.8 Å². The standard InChI is InChI=1S/C10H13BrN2.2ClH/c1-6-4-9(13-5-8(6)11)10(12)7-2-3-7;;/h4-5,7,10H,2-3,12H2,1H3;2*1H/t10-;;/m1../s1. The van der Waals surface area contributed by atoms with Gasteiger partial charge in [0, 0.05) is 16.7 Å². The minimum absolute atomic E-state index is 0. The van der Waals surface area contributed by atoms with E-state index in [-0.39, 0.29) is 30.9 Å². The lowest BCUT2D eigenvalue weighted by Crippen LogP contribution is -2.14. The molecule has 1 aliphatic carbocycles. The fourth-order valence-electron chi connectivity index (χ4n) is 1.44. The Kier molecular flexibility index (Phi) is 6.11. The van der Waals surface area contributed by atoms with Gasteiger partial charge in [0.1, 0.15) is 0 Å². The smallest absolute Gasteiger partial charge is 0.0577 e. The molecule has 0 aliphatic heterocycles. The summed E-state index contributed by atoms with van der Waals surface area (Å²) in [7, 11) is 0. The van der Waals surface area contributed by atoms with Gasteiger partial charge in [-0.3, -0.25) is 4.98 Å². The van der Waals surface area contributed by atoms with E-state index in [0.717, 1.165) is 10.2 Å². The van der Waals surface area contributed by atoms with Crippen molar-refractivity contribution in [2.75, 3.05) is 0 Å². The first-order chi connectivity index (χ1) is 6.18. The molecular formula is C10H15BrCl2N2. The summed E-state index contributed by atoms with van der Waals surface area (Å²) in [5, 5.41) is 0. The molecule has 2 rings (SSSR count). The van der Waals surface area contributed by atoms with E-state index in [1.165, 1.54) is 18.4 Å². The highest BCUT2D eigenvalue weighted by Crippen LogP contribution is 2.39. The van der Waals surface area contributed by atoms with Crippen LogP contribution in [0.4, 0.5) is 0 Å². The van der Waals surface area contributed by atoms with Gasteiger partial charge in [-0.1, -0.05) is 0 Å². The van der Waals surface area contributed by atoms with Crippen LogP contribution in [-0.4, -0.2) is 4.98 Å². The van der Waals surface area contributed by atoms with Crippen molar-refractivity contribution in [1.29, 1.82) is 0 Å². The summed E-state index contributed by atoms with van der Waals surface area (Å²) in [6.45, 7) is 2.06. The molecule has 1 atom stereocenters. The van der Waals surface area contributed by atoms with E-state index in [1.54, 1.807) is 0 Å². The van der Waals surface area contributed by atoms with Crippen LogP contribution in [0.25, 0.3) is 0 Å². The maximum absolute atomic E-state index is 6.04. The van der Waals surface area contributed by atoms with Gasteiger partial charge in [0.05, 0.1) is 5.69 Å². The Labute approximate surface area is 111 Å². The van der Waals surface area contributed by atoms with Crippen molar-refractivity contribution in [3.8, 4) is 0 Å². The van der Waals surface area contributed by atoms with Crippen molar-refractivity contribution in [2.45, 2.75) is 25.8 Å². The van der Waals surface area contributed by atoms with Crippen LogP contribution < -0.4 is 5.73 Å². The quantitative estimate of drug-likeness (QED) is 0.908. The van der Waals surface area contributed by atoms with Gasteiger partial charge in [-0.05, 0) is 53.2 Å². The summed E-state index contributed by atoms with van der Waals surface area (Å²) in [6.07, 6.45) is 4.36. The summed E-state index contributed by atoms with van der Waals surface area (Å²) in [4.78, 5) is 4.33. The molecule has 0 saturated heterocycles. The molecule has 1 aliphatic rings. The lowest BCUT2D eigenvalue weighted by molar-refractivity contribution is 0.614. The highest BCUT2D eigenvalue weighted by molar-refractivity contribution is 9.10. The SMILES string of the molecule is Cc1cc([C@H](N)C2CC2)ncc1Br.Cl.Cl. The molecule has 1 fully saturated rings. The Morgan fingerprint density at radius 2 is 2.07 bits per heavy atom. The van der Waals surface area contributed by atoms with Crippen molar-refractivity contribution >= 4 is 40.7 Å². The van der Waals surface area contributed by atoms with Crippen LogP contribution in [0.5, 0.6) is 0 Å². The molecule has 0 amide bonds. The molecule has 2 N–H and O–H groups in total. The molecule has 2 nitrogen and oxygen atoms in total. The fourth-order valence-corrected chi connectivity index (χ4v) is 1.66. The topological polar surface area (TPSA) is 38.9 Å². The highest BCUT2D eigenvalue weighted by Gasteiger charge is 2.30. The molecule has 5 heteroatoms. The second-order valence-electron chi connectivity index (χ2n) is 3.72. The number of nitrogens with two attached hydrogens (primary N) is 1. The van der Waals surface area contributed by atoms with Crippen LogP contribution >= 0.6 is 40.7 Å². The highest BCUT2D eigenvalue weighted by atomic mass is 79.9. The zero-order valence-corrected chi connectivity index (χ0v) is 11.7. The number of hydrogen-bond acceptors (Lipinski definition) is 2. The normalized spacial score (nSPS) is 16.2. The summed E-state index contributed by atoms with van der Waals surface area (Å²) in [5.74, 6) is 0.674. The van der Waals surface area contributed by atoms with Gasteiger partial charge >= 0.3 is 0 Å². The summed E-state index contributed by atoms with van der Waals surface area (Å²) in [6, 6.07) is 2.22. The number of aryl methyl sites for hydroxylation is 1. The van der Waals surface area contributed by atoms with Crippen molar-refractivity contribution < 1.29 is 0 Å². The monoisotopic (exact) mass is 312 g/mol. The van der Waals surface area contributed by atoms with Crippen molar-refractivity contribution in [2.24, 2.45) is 11.7 Å². The molecule has 1 aromatic rings. The van der Waals surface area contributed by atoms with Gasteiger partial charge in [0.25, 0.3) is 0 Å². The van der Waals surface area contributed by atoms with Gasteiger partial charge in [0.2, 0.25) is 0 Å². The molecule has 0 unspecified atom stereocenters. The first kappa shape index (κ1) is 15.2. The zero-order valence-electron chi connectivity index (χ0n) is 8.44. The third kappa shape index (κ3) is 3.59. The van der Waals surface area contributed by atoms with E-state index in [1.807, 2.05) is 6.20 Å². The lowest BCUT2D eigenvalue weighted by Gasteiger charge is -2.10. The predicted molar refractivity (Wildman–Crippen MR) is 70.8 cm³/mol. The second kappa shape index (κ2) is 6.04. The van der Waals surface area contributed by atoms with Crippen LogP contribution in [-0.2, 0) is 0 Å². The van der Waals surface area contributed by atoms with Crippen molar-refractivity contribution in [3.63, 3.8) is 0 Å². The zero-order chi connectivity index (χ0) is 9.42.